The molecule has 1 rings (SSSR count). The van der Waals surface area contributed by atoms with E-state index in [0.29, 0.717) is 26.2 Å². The molecule has 0 aliphatic carbocycles. The molecule has 1 aliphatic rings. The highest BCUT2D eigenvalue weighted by atomic mass is 32.2. The van der Waals surface area contributed by atoms with Gasteiger partial charge < -0.3 is 4.90 Å². The van der Waals surface area contributed by atoms with E-state index < -0.39 is 10.0 Å². The van der Waals surface area contributed by atoms with E-state index in [1.807, 2.05) is 0 Å². The molecule has 1 aliphatic heterocycles. The topological polar surface area (TPSA) is 69.7 Å². The normalized spacial score (nSPS) is 20.8. The van der Waals surface area contributed by atoms with Gasteiger partial charge in [0.05, 0.1) is 12.3 Å². The predicted molar refractivity (Wildman–Crippen MR) is 64.6 cm³/mol. The van der Waals surface area contributed by atoms with Gasteiger partial charge in [0.25, 0.3) is 0 Å². The molecule has 1 atom stereocenters. The number of hydrogen-bond acceptors (Lipinski definition) is 5. The Morgan fingerprint density at radius 2 is 1.81 bits per heavy atom. The average molecular weight is 267 g/mol. The fraction of sp³-hybridized carbons (Fsp3) is 0.875. The van der Waals surface area contributed by atoms with E-state index in [4.69, 9.17) is 0 Å². The summed E-state index contributed by atoms with van der Waals surface area (Å²) in [5, 5.41) is 0. The Morgan fingerprint density at radius 1 is 1.31 bits per heavy atom. The van der Waals surface area contributed by atoms with Gasteiger partial charge in [0, 0.05) is 26.2 Å². The monoisotopic (exact) mass is 267 g/mol. The Hall–Kier alpha value is -0.310. The molecule has 6 nitrogen and oxygen atoms in total. The number of nitrogens with one attached hydrogen (secondary N) is 1. The van der Waals surface area contributed by atoms with E-state index in [9.17, 15) is 13.2 Å². The van der Waals surface area contributed by atoms with Gasteiger partial charge in [0.1, 0.15) is 0 Å². The van der Waals surface area contributed by atoms with Crippen LogP contribution in [0.5, 0.6) is 0 Å². The zero-order valence-electron chi connectivity index (χ0n) is 9.38. The molecule has 0 radical (unpaired) electrons. The van der Waals surface area contributed by atoms with Gasteiger partial charge in [-0.25, -0.2) is 8.42 Å². The number of carbonyl (C=O) groups excluding carboxylic acids is 1. The molecule has 8 heteroatoms. The van der Waals surface area contributed by atoms with E-state index in [0.717, 1.165) is 0 Å². The Kier molecular flexibility index (Phi) is 4.60. The van der Waals surface area contributed by atoms with Crippen molar-refractivity contribution < 1.29 is 13.2 Å². The third kappa shape index (κ3) is 3.34. The van der Waals surface area contributed by atoms with Crippen molar-refractivity contribution >= 4 is 28.7 Å². The first-order valence-corrected chi connectivity index (χ1v) is 7.29. The summed E-state index contributed by atoms with van der Waals surface area (Å²) in [6, 6.07) is -0.354. The van der Waals surface area contributed by atoms with Crippen LogP contribution in [0.1, 0.15) is 6.92 Å². The highest BCUT2D eigenvalue weighted by molar-refractivity contribution is 7.88. The number of sulfonamides is 1. The Labute approximate surface area is 102 Å². The standard InChI is InChI=1S/C8H17N3O3S2/c1-7(9-15)8(12)10-3-5-11(6-4-10)16(2,13)14/h7,9,15H,3-6H2,1-2H3/t7-/m0/s1. The smallest absolute Gasteiger partial charge is 0.240 e. The second-order valence-corrected chi connectivity index (χ2v) is 6.08. The van der Waals surface area contributed by atoms with Crippen LogP contribution in [-0.4, -0.2) is 62.0 Å². The zero-order valence-corrected chi connectivity index (χ0v) is 11.1. The number of amides is 1. The van der Waals surface area contributed by atoms with Crippen LogP contribution >= 0.6 is 12.8 Å². The summed E-state index contributed by atoms with van der Waals surface area (Å²) < 4.78 is 26.5. The molecule has 1 amide bonds. The first-order chi connectivity index (χ1) is 7.36. The Bertz CT molecular complexity index is 350. The van der Waals surface area contributed by atoms with Crippen molar-refractivity contribution in [1.82, 2.24) is 13.9 Å². The van der Waals surface area contributed by atoms with Gasteiger partial charge in [-0.1, -0.05) is 12.8 Å². The minimum atomic E-state index is -3.14. The van der Waals surface area contributed by atoms with E-state index in [1.54, 1.807) is 11.8 Å². The molecule has 94 valence electrons. The molecule has 1 fully saturated rings. The number of nitrogens with zero attached hydrogens (tertiary/aromatic N) is 2. The SMILES string of the molecule is C[C@H](NS)C(=O)N1CCN(S(C)(=O)=O)CC1. The fourth-order valence-electron chi connectivity index (χ4n) is 1.57. The summed E-state index contributed by atoms with van der Waals surface area (Å²) >= 11 is 3.83. The van der Waals surface area contributed by atoms with E-state index in [1.165, 1.54) is 10.6 Å². The first kappa shape index (κ1) is 13.8. The molecular weight excluding hydrogens is 250 g/mol. The van der Waals surface area contributed by atoms with Crippen LogP contribution < -0.4 is 4.72 Å². The molecule has 0 aromatic heterocycles. The van der Waals surface area contributed by atoms with Crippen molar-refractivity contribution in [2.75, 3.05) is 32.4 Å². The molecule has 0 saturated carbocycles. The Balaban J connectivity index is 2.53. The molecular formula is C8H17N3O3S2. The summed E-state index contributed by atoms with van der Waals surface area (Å²) in [4.78, 5) is 13.4. The molecule has 0 unspecified atom stereocenters. The third-order valence-electron chi connectivity index (χ3n) is 2.58. The number of rotatable bonds is 3. The second-order valence-electron chi connectivity index (χ2n) is 3.84. The lowest BCUT2D eigenvalue weighted by atomic mass is 10.2. The average Bonchev–Trinajstić information content (AvgIpc) is 2.26. The highest BCUT2D eigenvalue weighted by Gasteiger charge is 2.27. The zero-order chi connectivity index (χ0) is 12.3. The molecule has 1 N–H and O–H groups in total. The lowest BCUT2D eigenvalue weighted by Crippen LogP contribution is -2.53. The maximum atomic E-state index is 11.7. The van der Waals surface area contributed by atoms with E-state index in [-0.39, 0.29) is 11.9 Å². The fourth-order valence-corrected chi connectivity index (χ4v) is 2.51. The van der Waals surface area contributed by atoms with Gasteiger partial charge in [0.15, 0.2) is 0 Å². The summed E-state index contributed by atoms with van der Waals surface area (Å²) in [5.74, 6) is -0.0526. The number of hydrogen-bond donors (Lipinski definition) is 2. The summed E-state index contributed by atoms with van der Waals surface area (Å²) in [6.45, 7) is 3.32. The molecule has 0 aromatic rings. The maximum absolute atomic E-state index is 11.7. The quantitative estimate of drug-likeness (QED) is 0.638. The minimum absolute atomic E-state index is 0.0526. The van der Waals surface area contributed by atoms with Crippen molar-refractivity contribution in [2.24, 2.45) is 0 Å². The van der Waals surface area contributed by atoms with Crippen LogP contribution in [0.3, 0.4) is 0 Å². The van der Waals surface area contributed by atoms with Crippen LogP contribution in [0.4, 0.5) is 0 Å². The van der Waals surface area contributed by atoms with Gasteiger partial charge in [-0.05, 0) is 6.92 Å². The molecule has 16 heavy (non-hydrogen) atoms. The van der Waals surface area contributed by atoms with Gasteiger partial charge in [-0.3, -0.25) is 9.52 Å². The summed E-state index contributed by atoms with van der Waals surface area (Å²) in [6.07, 6.45) is 1.18. The van der Waals surface area contributed by atoms with Crippen molar-refractivity contribution in [3.8, 4) is 0 Å². The first-order valence-electron chi connectivity index (χ1n) is 5.00. The van der Waals surface area contributed by atoms with Crippen LogP contribution in [-0.2, 0) is 14.8 Å². The number of thiol groups is 1. The molecule has 0 spiro atoms. The molecule has 0 bridgehead atoms. The van der Waals surface area contributed by atoms with Crippen molar-refractivity contribution in [3.63, 3.8) is 0 Å². The molecule has 0 aromatic carbocycles. The van der Waals surface area contributed by atoms with Gasteiger partial charge in [-0.2, -0.15) is 4.31 Å². The third-order valence-corrected chi connectivity index (χ3v) is 4.27. The van der Waals surface area contributed by atoms with E-state index in [2.05, 4.69) is 17.5 Å². The van der Waals surface area contributed by atoms with Crippen molar-refractivity contribution in [1.29, 1.82) is 0 Å². The van der Waals surface area contributed by atoms with Crippen LogP contribution in [0.2, 0.25) is 0 Å². The predicted octanol–water partition coefficient (Wildman–Crippen LogP) is -1.09. The largest absolute Gasteiger partial charge is 0.339 e. The summed E-state index contributed by atoms with van der Waals surface area (Å²) in [5.41, 5.74) is 0. The summed E-state index contributed by atoms with van der Waals surface area (Å²) in [7, 11) is -3.14. The van der Waals surface area contributed by atoms with Gasteiger partial charge in [-0.15, -0.1) is 0 Å². The number of piperazine rings is 1. The Morgan fingerprint density at radius 3 is 2.19 bits per heavy atom. The lowest BCUT2D eigenvalue weighted by molar-refractivity contribution is -0.133. The molecule has 1 heterocycles. The van der Waals surface area contributed by atoms with Gasteiger partial charge in [0.2, 0.25) is 15.9 Å². The van der Waals surface area contributed by atoms with Crippen molar-refractivity contribution in [3.05, 3.63) is 0 Å². The van der Waals surface area contributed by atoms with Crippen LogP contribution in [0.25, 0.3) is 0 Å². The highest BCUT2D eigenvalue weighted by Crippen LogP contribution is 2.07. The number of carbonyl (C=O) groups is 1. The maximum Gasteiger partial charge on any atom is 0.240 e. The van der Waals surface area contributed by atoms with Gasteiger partial charge >= 0.3 is 0 Å². The molecule has 1 saturated heterocycles. The minimum Gasteiger partial charge on any atom is -0.339 e. The lowest BCUT2D eigenvalue weighted by Gasteiger charge is -2.34. The van der Waals surface area contributed by atoms with E-state index >= 15 is 0 Å². The second kappa shape index (κ2) is 5.35. The van der Waals surface area contributed by atoms with Crippen LogP contribution in [0.15, 0.2) is 0 Å². The van der Waals surface area contributed by atoms with Crippen LogP contribution in [0, 0.1) is 0 Å². The van der Waals surface area contributed by atoms with Crippen molar-refractivity contribution in [2.45, 2.75) is 13.0 Å².